The van der Waals surface area contributed by atoms with Crippen LogP contribution in [-0.2, 0) is 9.59 Å². The van der Waals surface area contributed by atoms with E-state index in [1.165, 1.54) is 0 Å². The Labute approximate surface area is 149 Å². The van der Waals surface area contributed by atoms with Crippen LogP contribution >= 0.6 is 0 Å². The molecule has 0 aliphatic heterocycles. The molecule has 0 heterocycles. The Kier molecular flexibility index (Phi) is 8.11. The lowest BCUT2D eigenvalue weighted by atomic mass is 10.0. The van der Waals surface area contributed by atoms with Crippen molar-refractivity contribution in [3.8, 4) is 0 Å². The van der Waals surface area contributed by atoms with E-state index in [1.54, 1.807) is 12.1 Å². The monoisotopic (exact) mass is 348 g/mol. The second-order valence-electron chi connectivity index (χ2n) is 6.55. The number of amides is 2. The first kappa shape index (κ1) is 20.7. The van der Waals surface area contributed by atoms with Crippen molar-refractivity contribution in [1.82, 2.24) is 10.6 Å². The van der Waals surface area contributed by atoms with Gasteiger partial charge in [-0.2, -0.15) is 0 Å². The Balaban J connectivity index is 2.84. The molecule has 0 aromatic heterocycles. The average molecular weight is 348 g/mol. The largest absolute Gasteiger partial charge is 0.480 e. The molecule has 1 unspecified atom stereocenters. The second kappa shape index (κ2) is 9.81. The molecule has 3 N–H and O–H groups in total. The van der Waals surface area contributed by atoms with E-state index in [0.29, 0.717) is 18.4 Å². The Bertz CT molecular complexity index is 613. The second-order valence-corrected chi connectivity index (χ2v) is 6.55. The van der Waals surface area contributed by atoms with Gasteiger partial charge in [0.05, 0.1) is 0 Å². The minimum atomic E-state index is -1.06. The third-order valence-corrected chi connectivity index (χ3v) is 4.09. The summed E-state index contributed by atoms with van der Waals surface area (Å²) in [6.45, 7) is 7.40. The van der Waals surface area contributed by atoms with E-state index in [1.807, 2.05) is 39.8 Å². The number of unbranched alkanes of at least 4 members (excludes halogenated alkanes) is 1. The van der Waals surface area contributed by atoms with Crippen LogP contribution in [-0.4, -0.2) is 35.0 Å². The topological polar surface area (TPSA) is 95.5 Å². The number of benzene rings is 1. The Morgan fingerprint density at radius 1 is 1.12 bits per heavy atom. The minimum absolute atomic E-state index is 0.173. The zero-order valence-corrected chi connectivity index (χ0v) is 15.3. The van der Waals surface area contributed by atoms with Gasteiger partial charge in [-0.05, 0) is 30.9 Å². The summed E-state index contributed by atoms with van der Waals surface area (Å²) in [6, 6.07) is 5.38. The number of carboxylic acid groups (broad SMARTS) is 1. The van der Waals surface area contributed by atoms with E-state index in [-0.39, 0.29) is 11.8 Å². The Morgan fingerprint density at radius 2 is 1.76 bits per heavy atom. The summed E-state index contributed by atoms with van der Waals surface area (Å²) in [7, 11) is 0. The molecule has 1 aromatic carbocycles. The lowest BCUT2D eigenvalue weighted by Crippen LogP contribution is -2.53. The average Bonchev–Trinajstić information content (AvgIpc) is 2.55. The standard InChI is InChI=1S/C19H28N2O4/c1-5-6-11-15(19(24)25)20-18(23)16(12(2)3)21-17(22)14-10-8-7-9-13(14)4/h7-10,12,15-16H,5-6,11H2,1-4H3,(H,20,23)(H,21,22)(H,24,25)/t15-,16?/m0/s1. The first-order valence-corrected chi connectivity index (χ1v) is 8.67. The maximum absolute atomic E-state index is 12.5. The van der Waals surface area contributed by atoms with E-state index in [4.69, 9.17) is 0 Å². The van der Waals surface area contributed by atoms with Crippen LogP contribution in [0.1, 0.15) is 56.0 Å². The molecule has 0 saturated carbocycles. The van der Waals surface area contributed by atoms with Crippen LogP contribution in [0, 0.1) is 12.8 Å². The molecule has 1 aromatic rings. The van der Waals surface area contributed by atoms with Gasteiger partial charge in [-0.25, -0.2) is 4.79 Å². The van der Waals surface area contributed by atoms with E-state index in [2.05, 4.69) is 10.6 Å². The van der Waals surface area contributed by atoms with Crippen molar-refractivity contribution in [2.24, 2.45) is 5.92 Å². The lowest BCUT2D eigenvalue weighted by molar-refractivity contribution is -0.142. The number of rotatable bonds is 9. The zero-order chi connectivity index (χ0) is 19.0. The summed E-state index contributed by atoms with van der Waals surface area (Å²) in [5.41, 5.74) is 1.32. The van der Waals surface area contributed by atoms with Crippen LogP contribution in [0.5, 0.6) is 0 Å². The number of carbonyl (C=O) groups is 3. The third-order valence-electron chi connectivity index (χ3n) is 4.09. The molecule has 0 saturated heterocycles. The molecule has 0 aliphatic rings. The van der Waals surface area contributed by atoms with Gasteiger partial charge >= 0.3 is 5.97 Å². The number of hydrogen-bond donors (Lipinski definition) is 3. The summed E-state index contributed by atoms with van der Waals surface area (Å²) in [4.78, 5) is 36.3. The maximum atomic E-state index is 12.5. The van der Waals surface area contributed by atoms with Crippen LogP contribution in [0.25, 0.3) is 0 Å². The number of hydrogen-bond acceptors (Lipinski definition) is 3. The molecule has 6 nitrogen and oxygen atoms in total. The van der Waals surface area contributed by atoms with Crippen LogP contribution in [0.3, 0.4) is 0 Å². The molecule has 138 valence electrons. The quantitative estimate of drug-likeness (QED) is 0.639. The van der Waals surface area contributed by atoms with Crippen molar-refractivity contribution in [3.05, 3.63) is 35.4 Å². The van der Waals surface area contributed by atoms with Crippen molar-refractivity contribution >= 4 is 17.8 Å². The molecule has 2 atom stereocenters. The third kappa shape index (κ3) is 6.21. The van der Waals surface area contributed by atoms with Crippen molar-refractivity contribution in [2.75, 3.05) is 0 Å². The predicted octanol–water partition coefficient (Wildman–Crippen LogP) is 2.51. The van der Waals surface area contributed by atoms with Gasteiger partial charge in [-0.1, -0.05) is 51.8 Å². The molecule has 0 fully saturated rings. The fraction of sp³-hybridized carbons (Fsp3) is 0.526. The molecule has 0 radical (unpaired) electrons. The summed E-state index contributed by atoms with van der Waals surface area (Å²) in [5, 5.41) is 14.5. The normalized spacial score (nSPS) is 13.2. The molecule has 0 aliphatic carbocycles. The molecular formula is C19H28N2O4. The Morgan fingerprint density at radius 3 is 2.28 bits per heavy atom. The van der Waals surface area contributed by atoms with Crippen LogP contribution < -0.4 is 10.6 Å². The van der Waals surface area contributed by atoms with Gasteiger partial charge in [-0.3, -0.25) is 9.59 Å². The summed E-state index contributed by atoms with van der Waals surface area (Å²) in [6.07, 6.45) is 1.92. The van der Waals surface area contributed by atoms with E-state index < -0.39 is 24.0 Å². The summed E-state index contributed by atoms with van der Waals surface area (Å²) < 4.78 is 0. The van der Waals surface area contributed by atoms with Crippen molar-refractivity contribution in [3.63, 3.8) is 0 Å². The zero-order valence-electron chi connectivity index (χ0n) is 15.3. The highest BCUT2D eigenvalue weighted by Crippen LogP contribution is 2.10. The van der Waals surface area contributed by atoms with Gasteiger partial charge in [0, 0.05) is 5.56 Å². The number of aryl methyl sites for hydroxylation is 1. The Hall–Kier alpha value is -2.37. The molecule has 0 bridgehead atoms. The highest BCUT2D eigenvalue weighted by molar-refractivity contribution is 5.99. The van der Waals surface area contributed by atoms with Gasteiger partial charge < -0.3 is 15.7 Å². The van der Waals surface area contributed by atoms with E-state index >= 15 is 0 Å². The highest BCUT2D eigenvalue weighted by atomic mass is 16.4. The van der Waals surface area contributed by atoms with Crippen molar-refractivity contribution in [1.29, 1.82) is 0 Å². The van der Waals surface area contributed by atoms with Crippen molar-refractivity contribution < 1.29 is 19.5 Å². The molecule has 6 heteroatoms. The molecule has 1 rings (SSSR count). The SMILES string of the molecule is CCCC[C@H](NC(=O)C(NC(=O)c1ccccc1C)C(C)C)C(=O)O. The van der Waals surface area contributed by atoms with E-state index in [0.717, 1.165) is 12.0 Å². The van der Waals surface area contributed by atoms with Gasteiger partial charge in [0.25, 0.3) is 5.91 Å². The molecular weight excluding hydrogens is 320 g/mol. The van der Waals surface area contributed by atoms with Gasteiger partial charge in [0.15, 0.2) is 0 Å². The van der Waals surface area contributed by atoms with Crippen LogP contribution in [0.15, 0.2) is 24.3 Å². The first-order valence-electron chi connectivity index (χ1n) is 8.67. The van der Waals surface area contributed by atoms with E-state index in [9.17, 15) is 19.5 Å². The molecule has 25 heavy (non-hydrogen) atoms. The summed E-state index contributed by atoms with van der Waals surface area (Å²) >= 11 is 0. The van der Waals surface area contributed by atoms with Crippen molar-refractivity contribution in [2.45, 2.75) is 59.0 Å². The molecule has 0 spiro atoms. The number of nitrogens with one attached hydrogen (secondary N) is 2. The minimum Gasteiger partial charge on any atom is -0.480 e. The fourth-order valence-corrected chi connectivity index (χ4v) is 2.51. The smallest absolute Gasteiger partial charge is 0.326 e. The lowest BCUT2D eigenvalue weighted by Gasteiger charge is -2.24. The molecule has 2 amide bonds. The van der Waals surface area contributed by atoms with Gasteiger partial charge in [0.1, 0.15) is 12.1 Å². The van der Waals surface area contributed by atoms with Crippen LogP contribution in [0.2, 0.25) is 0 Å². The predicted molar refractivity (Wildman–Crippen MR) is 96.4 cm³/mol. The van der Waals surface area contributed by atoms with Gasteiger partial charge in [-0.15, -0.1) is 0 Å². The van der Waals surface area contributed by atoms with Crippen LogP contribution in [0.4, 0.5) is 0 Å². The first-order chi connectivity index (χ1) is 11.8. The summed E-state index contributed by atoms with van der Waals surface area (Å²) in [5.74, 6) is -2.05. The van der Waals surface area contributed by atoms with Gasteiger partial charge in [0.2, 0.25) is 5.91 Å². The maximum Gasteiger partial charge on any atom is 0.326 e. The number of carbonyl (C=O) groups excluding carboxylic acids is 2. The highest BCUT2D eigenvalue weighted by Gasteiger charge is 2.28. The fourth-order valence-electron chi connectivity index (χ4n) is 2.51. The number of carboxylic acids is 1. The number of aliphatic carboxylic acids is 1.